The summed E-state index contributed by atoms with van der Waals surface area (Å²) < 4.78 is 2.69. The van der Waals surface area contributed by atoms with E-state index in [2.05, 4.69) is 13.8 Å². The number of rotatable bonds is 2. The van der Waals surface area contributed by atoms with Crippen LogP contribution in [0, 0.1) is 23.7 Å². The van der Waals surface area contributed by atoms with E-state index >= 15 is 0 Å². The summed E-state index contributed by atoms with van der Waals surface area (Å²) in [6, 6.07) is 0. The van der Waals surface area contributed by atoms with Gasteiger partial charge in [-0.05, 0) is 30.1 Å². The first-order chi connectivity index (χ1) is 8.35. The standard InChI is InChI=1S/C11H16.2C2H5.2Al/c1-3-8-5-11-7-10(8)6-9(11)4-2;2*1-2;;/h5-6,8-11H,1-4,7H2;2*1H2,2H3;;. The summed E-state index contributed by atoms with van der Waals surface area (Å²) >= 11 is -0.563. The topological polar surface area (TPSA) is 0 Å². The molecular weight excluding hydrogens is 234 g/mol. The molecule has 2 saturated heterocycles. The van der Waals surface area contributed by atoms with Crippen LogP contribution in [0.4, 0.5) is 0 Å². The van der Waals surface area contributed by atoms with E-state index in [1.165, 1.54) is 33.2 Å². The Labute approximate surface area is 115 Å². The van der Waals surface area contributed by atoms with Gasteiger partial charge in [0.2, 0.25) is 0 Å². The second kappa shape index (κ2) is 4.28. The SMILES string of the molecule is C[CH2][Al]1[CH2]CC2C3CC(C4C[CH2][Al]([CH2]C)[CH]43)[CH]21. The minimum atomic E-state index is -0.281. The van der Waals surface area contributed by atoms with Crippen LogP contribution >= 0.6 is 0 Å². The molecular formula is C15H26Al2. The lowest BCUT2D eigenvalue weighted by Gasteiger charge is -2.38. The fourth-order valence-corrected chi connectivity index (χ4v) is 16.1. The predicted octanol–water partition coefficient (Wildman–Crippen LogP) is 4.45. The maximum absolute atomic E-state index is 2.51. The number of fused-ring (bicyclic) bond motifs is 8. The Kier molecular flexibility index (Phi) is 2.99. The Hall–Kier alpha value is 1.06. The molecule has 0 spiro atoms. The smallest absolute Gasteiger partial charge is 0.0965 e. The Morgan fingerprint density at radius 2 is 1.24 bits per heavy atom. The third-order valence-corrected chi connectivity index (χ3v) is 15.9. The molecule has 4 rings (SSSR count). The normalized spacial score (nSPS) is 51.2. The van der Waals surface area contributed by atoms with Crippen LogP contribution in [-0.4, -0.2) is 28.3 Å². The predicted molar refractivity (Wildman–Crippen MR) is 77.4 cm³/mol. The lowest BCUT2D eigenvalue weighted by Crippen LogP contribution is -2.32. The molecule has 4 fully saturated rings. The zero-order valence-corrected chi connectivity index (χ0v) is 13.9. The van der Waals surface area contributed by atoms with Gasteiger partial charge in [0.05, 0.1) is 0 Å². The average molecular weight is 260 g/mol. The van der Waals surface area contributed by atoms with E-state index in [0.29, 0.717) is 0 Å². The van der Waals surface area contributed by atoms with Gasteiger partial charge in [-0.15, -0.1) is 0 Å². The van der Waals surface area contributed by atoms with Gasteiger partial charge in [-0.2, -0.15) is 0 Å². The molecule has 2 saturated carbocycles. The molecule has 0 aromatic heterocycles. The van der Waals surface area contributed by atoms with Gasteiger partial charge in [0.1, 0.15) is 0 Å². The summed E-state index contributed by atoms with van der Waals surface area (Å²) in [7, 11) is 0. The van der Waals surface area contributed by atoms with E-state index in [4.69, 9.17) is 0 Å². The summed E-state index contributed by atoms with van der Waals surface area (Å²) in [5, 5.41) is 6.71. The molecule has 2 heteroatoms. The molecule has 2 aliphatic carbocycles. The fourth-order valence-electron chi connectivity index (χ4n) is 7.12. The zero-order chi connectivity index (χ0) is 11.6. The molecule has 0 nitrogen and oxygen atoms in total. The van der Waals surface area contributed by atoms with Crippen LogP contribution in [0.2, 0.25) is 30.7 Å². The highest BCUT2D eigenvalue weighted by atomic mass is 27.2. The molecule has 4 aliphatic rings. The van der Waals surface area contributed by atoms with Crippen LogP contribution in [0.25, 0.3) is 0 Å². The number of hydrogen-bond acceptors (Lipinski definition) is 0. The van der Waals surface area contributed by atoms with Crippen molar-refractivity contribution in [2.75, 3.05) is 0 Å². The molecule has 0 aromatic rings. The van der Waals surface area contributed by atoms with Crippen LogP contribution < -0.4 is 0 Å². The van der Waals surface area contributed by atoms with Crippen molar-refractivity contribution in [1.82, 2.24) is 0 Å². The molecule has 6 atom stereocenters. The maximum Gasteiger partial charge on any atom is 0.266 e. The van der Waals surface area contributed by atoms with Gasteiger partial charge in [0.15, 0.2) is 0 Å². The third-order valence-electron chi connectivity index (χ3n) is 7.50. The first-order valence-electron chi connectivity index (χ1n) is 8.35. The van der Waals surface area contributed by atoms with E-state index in [0.717, 1.165) is 0 Å². The van der Waals surface area contributed by atoms with Crippen molar-refractivity contribution in [3.63, 3.8) is 0 Å². The van der Waals surface area contributed by atoms with Crippen LogP contribution in [0.1, 0.15) is 33.1 Å². The minimum Gasteiger partial charge on any atom is -0.0965 e. The Balaban J connectivity index is 1.63. The van der Waals surface area contributed by atoms with Gasteiger partial charge in [0.25, 0.3) is 28.3 Å². The van der Waals surface area contributed by atoms with Crippen molar-refractivity contribution in [3.8, 4) is 0 Å². The second-order valence-electron chi connectivity index (χ2n) is 7.54. The molecule has 2 bridgehead atoms. The number of hydrogen-bond donors (Lipinski definition) is 0. The molecule has 0 N–H and O–H groups in total. The van der Waals surface area contributed by atoms with Crippen LogP contribution in [-0.2, 0) is 0 Å². The monoisotopic (exact) mass is 260 g/mol. The van der Waals surface area contributed by atoms with Crippen molar-refractivity contribution < 1.29 is 0 Å². The molecule has 6 unspecified atom stereocenters. The van der Waals surface area contributed by atoms with Crippen molar-refractivity contribution in [2.45, 2.75) is 63.8 Å². The molecule has 17 heavy (non-hydrogen) atoms. The highest BCUT2D eigenvalue weighted by Gasteiger charge is 2.64. The van der Waals surface area contributed by atoms with E-state index in [9.17, 15) is 0 Å². The van der Waals surface area contributed by atoms with E-state index in [1.807, 2.05) is 0 Å². The average Bonchev–Trinajstić information content (AvgIpc) is 3.06. The summed E-state index contributed by atoms with van der Waals surface area (Å²) in [6.07, 6.45) is 5.09. The largest absolute Gasteiger partial charge is 0.266 e. The van der Waals surface area contributed by atoms with Gasteiger partial charge in [-0.3, -0.25) is 0 Å². The quantitative estimate of drug-likeness (QED) is 0.644. The molecule has 2 aliphatic heterocycles. The van der Waals surface area contributed by atoms with Crippen LogP contribution in [0.15, 0.2) is 0 Å². The van der Waals surface area contributed by atoms with E-state index in [1.54, 1.807) is 40.4 Å². The Morgan fingerprint density at radius 3 is 1.65 bits per heavy atom. The van der Waals surface area contributed by atoms with Gasteiger partial charge < -0.3 is 0 Å². The third kappa shape index (κ3) is 1.49. The highest BCUT2D eigenvalue weighted by Crippen LogP contribution is 2.72. The molecule has 0 amide bonds. The van der Waals surface area contributed by atoms with E-state index < -0.39 is 0 Å². The second-order valence-corrected chi connectivity index (χ2v) is 14.9. The van der Waals surface area contributed by atoms with Crippen molar-refractivity contribution in [1.29, 1.82) is 0 Å². The Morgan fingerprint density at radius 1 is 0.765 bits per heavy atom. The van der Waals surface area contributed by atoms with E-state index in [-0.39, 0.29) is 28.3 Å². The van der Waals surface area contributed by atoms with Gasteiger partial charge in [0, 0.05) is 0 Å². The van der Waals surface area contributed by atoms with Crippen molar-refractivity contribution in [2.24, 2.45) is 23.7 Å². The minimum absolute atomic E-state index is 0.281. The maximum atomic E-state index is 2.51. The summed E-state index contributed by atoms with van der Waals surface area (Å²) in [4.78, 5) is 0. The van der Waals surface area contributed by atoms with Crippen molar-refractivity contribution >= 4 is 28.3 Å². The first-order valence-corrected chi connectivity index (χ1v) is 12.9. The van der Waals surface area contributed by atoms with Gasteiger partial charge in [-0.1, -0.05) is 57.4 Å². The van der Waals surface area contributed by atoms with Crippen LogP contribution in [0.5, 0.6) is 0 Å². The molecule has 92 valence electrons. The van der Waals surface area contributed by atoms with Crippen LogP contribution in [0.3, 0.4) is 0 Å². The Bertz CT molecular complexity index is 286. The molecule has 2 heterocycles. The lowest BCUT2D eigenvalue weighted by atomic mass is 9.79. The zero-order valence-electron chi connectivity index (χ0n) is 11.6. The molecule has 0 aromatic carbocycles. The summed E-state index contributed by atoms with van der Waals surface area (Å²) in [5.74, 6) is 5.10. The first kappa shape index (κ1) is 11.9. The highest BCUT2D eigenvalue weighted by molar-refractivity contribution is 6.63. The van der Waals surface area contributed by atoms with Gasteiger partial charge in [-0.25, -0.2) is 0 Å². The lowest BCUT2D eigenvalue weighted by molar-refractivity contribution is 0.269. The summed E-state index contributed by atoms with van der Waals surface area (Å²) in [6.45, 7) is 5.03. The fraction of sp³-hybridized carbons (Fsp3) is 1.00. The summed E-state index contributed by atoms with van der Waals surface area (Å²) in [5.41, 5.74) is 0. The van der Waals surface area contributed by atoms with Gasteiger partial charge >= 0.3 is 0 Å². The van der Waals surface area contributed by atoms with Crippen molar-refractivity contribution in [3.05, 3.63) is 0 Å². The molecule has 0 radical (unpaired) electrons.